The standard InChI is InChI=1S/C24H21FN6O2.ClH/c25-22-9-16(3-6-19(22)24(14-26)20-10-27-11-21(20)24)15-1-4-17(5-2-15)31-13-18(33-23(31)32)12-30-8-7-28-29-30;/h1-9,18,20-21,27H,10-13H2;1H/t18-,20-,21+,24?;/m0./s1. The van der Waals surface area contributed by atoms with Gasteiger partial charge in [-0.15, -0.1) is 17.5 Å². The molecule has 3 aromatic rings. The van der Waals surface area contributed by atoms with Gasteiger partial charge in [0.25, 0.3) is 0 Å². The van der Waals surface area contributed by atoms with E-state index in [2.05, 4.69) is 21.7 Å². The van der Waals surface area contributed by atoms with Crippen LogP contribution < -0.4 is 10.2 Å². The summed E-state index contributed by atoms with van der Waals surface area (Å²) in [5, 5.41) is 20.7. The van der Waals surface area contributed by atoms with Gasteiger partial charge in [0.05, 0.1) is 30.8 Å². The number of benzene rings is 2. The fourth-order valence-corrected chi connectivity index (χ4v) is 5.39. The number of cyclic esters (lactones) is 1. The molecule has 0 radical (unpaired) electrons. The topological polar surface area (TPSA) is 96.1 Å². The minimum absolute atomic E-state index is 0. The number of anilines is 1. The third kappa shape index (κ3) is 3.42. The van der Waals surface area contributed by atoms with Crippen LogP contribution in [0.1, 0.15) is 5.56 Å². The van der Waals surface area contributed by atoms with Gasteiger partial charge in [0.1, 0.15) is 11.9 Å². The minimum Gasteiger partial charge on any atom is -0.442 e. The van der Waals surface area contributed by atoms with Gasteiger partial charge in [-0.2, -0.15) is 5.26 Å². The average molecular weight is 481 g/mol. The zero-order valence-electron chi connectivity index (χ0n) is 18.1. The number of piperidine rings is 1. The third-order valence-electron chi connectivity index (χ3n) is 7.12. The van der Waals surface area contributed by atoms with Crippen LogP contribution in [-0.4, -0.2) is 46.8 Å². The largest absolute Gasteiger partial charge is 0.442 e. The van der Waals surface area contributed by atoms with E-state index in [0.717, 1.165) is 24.2 Å². The third-order valence-corrected chi connectivity index (χ3v) is 7.12. The molecule has 3 fully saturated rings. The number of carbonyl (C=O) groups excluding carboxylic acids is 1. The van der Waals surface area contributed by atoms with Gasteiger partial charge in [0.15, 0.2) is 0 Å². The molecule has 174 valence electrons. The first kappa shape index (κ1) is 22.3. The molecule has 3 heterocycles. The Morgan fingerprint density at radius 1 is 1.18 bits per heavy atom. The summed E-state index contributed by atoms with van der Waals surface area (Å²) in [6, 6.07) is 14.9. The van der Waals surface area contributed by atoms with Crippen molar-refractivity contribution in [2.75, 3.05) is 24.5 Å². The molecule has 2 aliphatic heterocycles. The number of halogens is 2. The average Bonchev–Trinajstić information content (AvgIpc) is 3.35. The first-order valence-corrected chi connectivity index (χ1v) is 10.9. The van der Waals surface area contributed by atoms with E-state index >= 15 is 4.39 Å². The number of amides is 1. The van der Waals surface area contributed by atoms with Crippen molar-refractivity contribution in [3.05, 3.63) is 66.2 Å². The molecule has 3 aliphatic rings. The van der Waals surface area contributed by atoms with E-state index in [1.807, 2.05) is 30.3 Å². The van der Waals surface area contributed by atoms with E-state index in [4.69, 9.17) is 4.74 Å². The Morgan fingerprint density at radius 2 is 1.91 bits per heavy atom. The summed E-state index contributed by atoms with van der Waals surface area (Å²) in [6.07, 6.45) is 2.58. The van der Waals surface area contributed by atoms with E-state index in [0.29, 0.717) is 24.3 Å². The Balaban J connectivity index is 0.00000241. The summed E-state index contributed by atoms with van der Waals surface area (Å²) in [6.45, 7) is 2.38. The second kappa shape index (κ2) is 8.38. The van der Waals surface area contributed by atoms with Crippen molar-refractivity contribution >= 4 is 24.2 Å². The second-order valence-electron chi connectivity index (χ2n) is 8.84. The Kier molecular flexibility index (Phi) is 5.50. The molecule has 1 unspecified atom stereocenters. The second-order valence-corrected chi connectivity index (χ2v) is 8.84. The molecule has 0 bridgehead atoms. The molecule has 6 rings (SSSR count). The fourth-order valence-electron chi connectivity index (χ4n) is 5.39. The van der Waals surface area contributed by atoms with Gasteiger partial charge in [0.2, 0.25) is 0 Å². The number of nitrogens with one attached hydrogen (secondary N) is 1. The minimum atomic E-state index is -0.698. The molecular formula is C24H22ClFN6O2. The maximum atomic E-state index is 15.1. The molecule has 34 heavy (non-hydrogen) atoms. The smallest absolute Gasteiger partial charge is 0.414 e. The zero-order chi connectivity index (χ0) is 22.6. The number of hydrogen-bond donors (Lipinski definition) is 1. The summed E-state index contributed by atoms with van der Waals surface area (Å²) in [5.41, 5.74) is 2.08. The zero-order valence-corrected chi connectivity index (χ0v) is 18.9. The Morgan fingerprint density at radius 3 is 2.56 bits per heavy atom. The molecule has 1 N–H and O–H groups in total. The summed E-state index contributed by atoms with van der Waals surface area (Å²) in [7, 11) is 0. The Bertz CT molecular complexity index is 1250. The highest BCUT2D eigenvalue weighted by atomic mass is 35.5. The highest BCUT2D eigenvalue weighted by molar-refractivity contribution is 5.90. The quantitative estimate of drug-likeness (QED) is 0.602. The van der Waals surface area contributed by atoms with Crippen LogP contribution in [0, 0.1) is 29.0 Å². The predicted molar refractivity (Wildman–Crippen MR) is 124 cm³/mol. The van der Waals surface area contributed by atoms with Crippen molar-refractivity contribution < 1.29 is 13.9 Å². The molecule has 10 heteroatoms. The lowest BCUT2D eigenvalue weighted by atomic mass is 9.90. The van der Waals surface area contributed by atoms with Gasteiger partial charge in [0, 0.05) is 42.4 Å². The van der Waals surface area contributed by atoms with Gasteiger partial charge in [-0.25, -0.2) is 13.9 Å². The number of carbonyl (C=O) groups is 1. The lowest BCUT2D eigenvalue weighted by molar-refractivity contribution is 0.129. The molecule has 2 aromatic carbocycles. The summed E-state index contributed by atoms with van der Waals surface area (Å²) in [5.74, 6) is 0.0399. The van der Waals surface area contributed by atoms with Crippen molar-refractivity contribution in [2.24, 2.45) is 11.8 Å². The Hall–Kier alpha value is -3.48. The van der Waals surface area contributed by atoms with E-state index in [9.17, 15) is 10.1 Å². The number of nitriles is 1. The molecule has 2 saturated heterocycles. The predicted octanol–water partition coefficient (Wildman–Crippen LogP) is 3.14. The van der Waals surface area contributed by atoms with Gasteiger partial charge < -0.3 is 10.1 Å². The van der Waals surface area contributed by atoms with Gasteiger partial charge >= 0.3 is 6.09 Å². The number of rotatable bonds is 5. The van der Waals surface area contributed by atoms with Crippen LogP contribution in [-0.2, 0) is 16.7 Å². The molecule has 8 nitrogen and oxygen atoms in total. The highest BCUT2D eigenvalue weighted by Gasteiger charge is 2.68. The van der Waals surface area contributed by atoms with Gasteiger partial charge in [-0.3, -0.25) is 4.90 Å². The molecule has 0 spiro atoms. The van der Waals surface area contributed by atoms with Gasteiger partial charge in [-0.1, -0.05) is 29.5 Å². The first-order chi connectivity index (χ1) is 16.1. The normalized spacial score (nSPS) is 27.0. The van der Waals surface area contributed by atoms with Crippen molar-refractivity contribution in [2.45, 2.75) is 18.1 Å². The van der Waals surface area contributed by atoms with Crippen molar-refractivity contribution in [1.82, 2.24) is 20.3 Å². The first-order valence-electron chi connectivity index (χ1n) is 10.9. The van der Waals surface area contributed by atoms with E-state index < -0.39 is 11.5 Å². The number of aromatic nitrogens is 3. The van der Waals surface area contributed by atoms with Crippen LogP contribution in [0.15, 0.2) is 54.9 Å². The van der Waals surface area contributed by atoms with Crippen LogP contribution >= 0.6 is 12.4 Å². The van der Waals surface area contributed by atoms with Crippen LogP contribution in [0.2, 0.25) is 0 Å². The van der Waals surface area contributed by atoms with Crippen molar-refractivity contribution in [3.8, 4) is 17.2 Å². The van der Waals surface area contributed by atoms with Crippen LogP contribution in [0.4, 0.5) is 14.9 Å². The van der Waals surface area contributed by atoms with Crippen molar-refractivity contribution in [3.63, 3.8) is 0 Å². The molecule has 1 amide bonds. The SMILES string of the molecule is Cl.N#CC1(c2ccc(-c3ccc(N4C[C@H](Cn5ccnn5)OC4=O)cc3)cc2F)[C@@H]2CNC[C@@H]21. The lowest BCUT2D eigenvalue weighted by Gasteiger charge is -2.16. The maximum Gasteiger partial charge on any atom is 0.414 e. The van der Waals surface area contributed by atoms with E-state index in [1.165, 1.54) is 6.07 Å². The summed E-state index contributed by atoms with van der Waals surface area (Å²) >= 11 is 0. The lowest BCUT2D eigenvalue weighted by Crippen LogP contribution is -2.26. The number of hydrogen-bond acceptors (Lipinski definition) is 6. The van der Waals surface area contributed by atoms with E-state index in [1.54, 1.807) is 28.0 Å². The monoisotopic (exact) mass is 480 g/mol. The molecule has 1 aromatic heterocycles. The Labute approximate surface area is 201 Å². The molecular weight excluding hydrogens is 459 g/mol. The molecule has 4 atom stereocenters. The van der Waals surface area contributed by atoms with Crippen LogP contribution in [0.3, 0.4) is 0 Å². The van der Waals surface area contributed by atoms with Crippen molar-refractivity contribution in [1.29, 1.82) is 5.26 Å². The van der Waals surface area contributed by atoms with Gasteiger partial charge in [-0.05, 0) is 29.3 Å². The maximum absolute atomic E-state index is 15.1. The molecule has 1 saturated carbocycles. The van der Waals surface area contributed by atoms with Crippen LogP contribution in [0.25, 0.3) is 11.1 Å². The number of nitrogens with zero attached hydrogens (tertiary/aromatic N) is 5. The summed E-state index contributed by atoms with van der Waals surface area (Å²) < 4.78 is 22.2. The van der Waals surface area contributed by atoms with E-state index in [-0.39, 0.29) is 36.2 Å². The summed E-state index contributed by atoms with van der Waals surface area (Å²) in [4.78, 5) is 13.9. The van der Waals surface area contributed by atoms with Crippen LogP contribution in [0.5, 0.6) is 0 Å². The highest BCUT2D eigenvalue weighted by Crippen LogP contribution is 2.61. The fraction of sp³-hybridized carbons (Fsp3) is 0.333. The number of fused-ring (bicyclic) bond motifs is 1. The number of ether oxygens (including phenoxy) is 1. The molecule has 1 aliphatic carbocycles.